The minimum absolute atomic E-state index is 0. The van der Waals surface area contributed by atoms with Crippen molar-refractivity contribution in [2.45, 2.75) is 0 Å². The van der Waals surface area contributed by atoms with Crippen molar-refractivity contribution in [1.82, 2.24) is 4.98 Å². The molecule has 2 N–H and O–H groups in total. The Morgan fingerprint density at radius 2 is 1.38 bits per heavy atom. The molecule has 0 amide bonds. The predicted octanol–water partition coefficient (Wildman–Crippen LogP) is 0.679. The van der Waals surface area contributed by atoms with Crippen LogP contribution < -0.4 is 0 Å². The van der Waals surface area contributed by atoms with E-state index in [1.54, 1.807) is 12.4 Å². The Morgan fingerprint density at radius 1 is 0.875 bits per heavy atom. The molecule has 8 heavy (non-hydrogen) atoms. The smallest absolute Gasteiger partial charge is 0.0267 e. The van der Waals surface area contributed by atoms with Crippen LogP contribution in [-0.2, 0) is 0 Å². The van der Waals surface area contributed by atoms with Gasteiger partial charge in [-0.05, 0) is 12.1 Å². The van der Waals surface area contributed by atoms with Crippen molar-refractivity contribution in [3.8, 4) is 0 Å². The molecule has 1 rings (SSSR count). The Morgan fingerprint density at radius 3 is 1.50 bits per heavy atom. The van der Waals surface area contributed by atoms with E-state index in [4.69, 9.17) is 0 Å². The summed E-state index contributed by atoms with van der Waals surface area (Å²) in [7, 11) is 0. The van der Waals surface area contributed by atoms with Crippen LogP contribution in [0.25, 0.3) is 0 Å². The van der Waals surface area contributed by atoms with E-state index < -0.39 is 0 Å². The van der Waals surface area contributed by atoms with Crippen LogP contribution in [-0.4, -0.2) is 10.5 Å². The summed E-state index contributed by atoms with van der Waals surface area (Å²) in [6.07, 6.45) is 3.50. The molecule has 0 spiro atoms. The Bertz CT molecular complexity index is 84.4. The summed E-state index contributed by atoms with van der Waals surface area (Å²) in [5.74, 6) is 0. The Hall–Kier alpha value is -0.600. The van der Waals surface area contributed by atoms with E-state index in [1.807, 2.05) is 18.2 Å². The predicted molar refractivity (Wildman–Crippen MR) is 35.1 cm³/mol. The zero-order valence-electron chi connectivity index (χ0n) is 4.24. The maximum Gasteiger partial charge on any atom is 0.0267 e. The minimum Gasteiger partial charge on any atom is -0.412 e. The highest BCUT2D eigenvalue weighted by Gasteiger charge is 1.58. The number of hydrogen-bond acceptors (Lipinski definition) is 1. The molecule has 0 aliphatic rings. The topological polar surface area (TPSA) is 44.4 Å². The third kappa shape index (κ3) is 3.59. The number of hydrogen-bond donors (Lipinski definition) is 0. The Balaban J connectivity index is 0. The Labute approximate surface area is 54.3 Å². The van der Waals surface area contributed by atoms with Crippen molar-refractivity contribution in [1.29, 1.82) is 0 Å². The summed E-state index contributed by atoms with van der Waals surface area (Å²) < 4.78 is 0. The lowest BCUT2D eigenvalue weighted by molar-refractivity contribution is 0.824. The fraction of sp³-hybridized carbons (Fsp3) is 0. The molecule has 1 aromatic rings. The molecule has 2 nitrogen and oxygen atoms in total. The zero-order valence-corrected chi connectivity index (χ0v) is 5.06. The van der Waals surface area contributed by atoms with Gasteiger partial charge in [-0.1, -0.05) is 6.07 Å². The van der Waals surface area contributed by atoms with E-state index in [-0.39, 0.29) is 17.9 Å². The highest BCUT2D eigenvalue weighted by molar-refractivity contribution is 5.85. The fourth-order valence-electron chi connectivity index (χ4n) is 0.313. The van der Waals surface area contributed by atoms with Gasteiger partial charge in [0, 0.05) is 12.4 Å². The summed E-state index contributed by atoms with van der Waals surface area (Å²) in [6, 6.07) is 5.72. The lowest BCUT2D eigenvalue weighted by Gasteiger charge is -1.70. The van der Waals surface area contributed by atoms with Gasteiger partial charge in [0.25, 0.3) is 0 Å². The van der Waals surface area contributed by atoms with Gasteiger partial charge in [0.15, 0.2) is 0 Å². The van der Waals surface area contributed by atoms with Crippen molar-refractivity contribution >= 4 is 12.4 Å². The average Bonchev–Trinajstić information content (AvgIpc) is 1.72. The maximum atomic E-state index is 3.78. The van der Waals surface area contributed by atoms with E-state index in [2.05, 4.69) is 4.98 Å². The van der Waals surface area contributed by atoms with Crippen molar-refractivity contribution in [3.05, 3.63) is 30.6 Å². The van der Waals surface area contributed by atoms with Gasteiger partial charge in [-0.25, -0.2) is 0 Å². The fourth-order valence-corrected chi connectivity index (χ4v) is 0.313. The number of halogens is 1. The summed E-state index contributed by atoms with van der Waals surface area (Å²) >= 11 is 0. The van der Waals surface area contributed by atoms with E-state index in [0.717, 1.165) is 0 Å². The SMILES string of the molecule is Cl.O.c1ccncc1. The summed E-state index contributed by atoms with van der Waals surface area (Å²) in [6.45, 7) is 0. The van der Waals surface area contributed by atoms with E-state index >= 15 is 0 Å². The third-order valence-electron chi connectivity index (χ3n) is 0.566. The second-order valence-corrected chi connectivity index (χ2v) is 1.02. The first-order valence-corrected chi connectivity index (χ1v) is 1.85. The van der Waals surface area contributed by atoms with Crippen LogP contribution in [0.15, 0.2) is 30.6 Å². The molecule has 1 aromatic heterocycles. The minimum atomic E-state index is 0. The molecule has 0 unspecified atom stereocenters. The summed E-state index contributed by atoms with van der Waals surface area (Å²) in [4.78, 5) is 3.78. The van der Waals surface area contributed by atoms with Gasteiger partial charge in [0.1, 0.15) is 0 Å². The molecule has 0 fully saturated rings. The van der Waals surface area contributed by atoms with E-state index in [0.29, 0.717) is 0 Å². The summed E-state index contributed by atoms with van der Waals surface area (Å²) in [5, 5.41) is 0. The number of rotatable bonds is 0. The first-order valence-electron chi connectivity index (χ1n) is 1.85. The molecule has 3 heteroatoms. The van der Waals surface area contributed by atoms with Crippen LogP contribution in [0.5, 0.6) is 0 Å². The van der Waals surface area contributed by atoms with Crippen molar-refractivity contribution < 1.29 is 5.48 Å². The van der Waals surface area contributed by atoms with Crippen LogP contribution in [0.2, 0.25) is 0 Å². The number of pyridine rings is 1. The van der Waals surface area contributed by atoms with E-state index in [9.17, 15) is 0 Å². The molecule has 0 radical (unpaired) electrons. The van der Waals surface area contributed by atoms with Gasteiger partial charge in [0.05, 0.1) is 0 Å². The molecule has 1 heterocycles. The first kappa shape index (κ1) is 10.4. The molecular weight excluding hydrogens is 126 g/mol. The molecule has 0 aliphatic heterocycles. The van der Waals surface area contributed by atoms with Crippen LogP contribution >= 0.6 is 12.4 Å². The Kier molecular flexibility index (Phi) is 8.32. The molecule has 0 saturated heterocycles. The molecule has 46 valence electrons. The van der Waals surface area contributed by atoms with Gasteiger partial charge < -0.3 is 5.48 Å². The van der Waals surface area contributed by atoms with Crippen molar-refractivity contribution in [3.63, 3.8) is 0 Å². The van der Waals surface area contributed by atoms with Crippen LogP contribution in [0.4, 0.5) is 0 Å². The maximum absolute atomic E-state index is 3.78. The number of nitrogens with zero attached hydrogens (tertiary/aromatic N) is 1. The molecule has 0 bridgehead atoms. The largest absolute Gasteiger partial charge is 0.412 e. The first-order chi connectivity index (χ1) is 3.00. The lowest BCUT2D eigenvalue weighted by Crippen LogP contribution is -1.58. The average molecular weight is 134 g/mol. The van der Waals surface area contributed by atoms with Gasteiger partial charge >= 0.3 is 0 Å². The molecule has 0 aromatic carbocycles. The summed E-state index contributed by atoms with van der Waals surface area (Å²) in [5.41, 5.74) is 0. The van der Waals surface area contributed by atoms with Gasteiger partial charge in [-0.2, -0.15) is 0 Å². The zero-order chi connectivity index (χ0) is 4.24. The third-order valence-corrected chi connectivity index (χ3v) is 0.566. The van der Waals surface area contributed by atoms with Gasteiger partial charge in [-0.15, -0.1) is 12.4 Å². The molecule has 0 atom stereocenters. The normalized spacial score (nSPS) is 6.00. The van der Waals surface area contributed by atoms with Crippen LogP contribution in [0.3, 0.4) is 0 Å². The molecule has 0 aliphatic carbocycles. The van der Waals surface area contributed by atoms with Gasteiger partial charge in [-0.3, -0.25) is 4.98 Å². The molecule has 0 saturated carbocycles. The van der Waals surface area contributed by atoms with E-state index in [1.165, 1.54) is 0 Å². The lowest BCUT2D eigenvalue weighted by atomic mass is 10.5. The standard InChI is InChI=1S/C5H5N.ClH.H2O/c1-2-4-6-5-3-1;;/h1-5H;1H;1H2. The monoisotopic (exact) mass is 133 g/mol. The van der Waals surface area contributed by atoms with Gasteiger partial charge in [0.2, 0.25) is 0 Å². The highest BCUT2D eigenvalue weighted by atomic mass is 35.5. The van der Waals surface area contributed by atoms with Crippen molar-refractivity contribution in [2.75, 3.05) is 0 Å². The van der Waals surface area contributed by atoms with Crippen molar-refractivity contribution in [2.24, 2.45) is 0 Å². The van der Waals surface area contributed by atoms with Crippen LogP contribution in [0.1, 0.15) is 0 Å². The second kappa shape index (κ2) is 6.40. The number of aromatic nitrogens is 1. The highest BCUT2D eigenvalue weighted by Crippen LogP contribution is 1.73. The molecular formula is C5H8ClNO. The second-order valence-electron chi connectivity index (χ2n) is 1.02. The quantitative estimate of drug-likeness (QED) is 0.513. The van der Waals surface area contributed by atoms with Crippen LogP contribution in [0, 0.1) is 0 Å².